The number of sulfonamides is 1. The standard InChI is InChI=1S/C19H23N3O5S/c1-4-27-18-10-8-17(9-11-18)22(28(3,25)26)13-19(24)21-16-7-5-6-15(12-16)20-14(2)23/h5-12H,4,13H2,1-3H3,(H,20,23)(H,21,24). The smallest absolute Gasteiger partial charge is 0.245 e. The summed E-state index contributed by atoms with van der Waals surface area (Å²) in [5.41, 5.74) is 1.32. The molecule has 0 spiro atoms. The minimum absolute atomic E-state index is 0.234. The molecule has 0 radical (unpaired) electrons. The first-order chi connectivity index (χ1) is 13.2. The van der Waals surface area contributed by atoms with Gasteiger partial charge in [0.2, 0.25) is 21.8 Å². The van der Waals surface area contributed by atoms with Gasteiger partial charge in [-0.3, -0.25) is 13.9 Å². The second kappa shape index (κ2) is 9.23. The quantitative estimate of drug-likeness (QED) is 0.702. The fourth-order valence-electron chi connectivity index (χ4n) is 2.48. The van der Waals surface area contributed by atoms with E-state index >= 15 is 0 Å². The molecular weight excluding hydrogens is 382 g/mol. The first kappa shape index (κ1) is 21.2. The summed E-state index contributed by atoms with van der Waals surface area (Å²) in [4.78, 5) is 23.6. The van der Waals surface area contributed by atoms with Gasteiger partial charge in [-0.1, -0.05) is 6.07 Å². The molecule has 28 heavy (non-hydrogen) atoms. The van der Waals surface area contributed by atoms with Gasteiger partial charge in [-0.05, 0) is 49.4 Å². The van der Waals surface area contributed by atoms with E-state index in [0.29, 0.717) is 29.4 Å². The normalized spacial score (nSPS) is 10.8. The van der Waals surface area contributed by atoms with Crippen LogP contribution in [0.5, 0.6) is 5.75 Å². The van der Waals surface area contributed by atoms with Crippen molar-refractivity contribution in [3.63, 3.8) is 0 Å². The zero-order valence-electron chi connectivity index (χ0n) is 15.9. The summed E-state index contributed by atoms with van der Waals surface area (Å²) < 4.78 is 30.7. The topological polar surface area (TPSA) is 105 Å². The van der Waals surface area contributed by atoms with Crippen LogP contribution in [0.25, 0.3) is 0 Å². The number of rotatable bonds is 8. The lowest BCUT2D eigenvalue weighted by Crippen LogP contribution is -2.37. The average molecular weight is 405 g/mol. The predicted octanol–water partition coefficient (Wildman–Crippen LogP) is 2.45. The minimum Gasteiger partial charge on any atom is -0.494 e. The Labute approximate surface area is 164 Å². The van der Waals surface area contributed by atoms with Crippen LogP contribution in [0.2, 0.25) is 0 Å². The van der Waals surface area contributed by atoms with Gasteiger partial charge >= 0.3 is 0 Å². The third kappa shape index (κ3) is 6.27. The molecule has 2 aromatic carbocycles. The van der Waals surface area contributed by atoms with Crippen LogP contribution in [0.3, 0.4) is 0 Å². The van der Waals surface area contributed by atoms with Gasteiger partial charge in [-0.15, -0.1) is 0 Å². The minimum atomic E-state index is -3.68. The van der Waals surface area contributed by atoms with Crippen LogP contribution in [0.1, 0.15) is 13.8 Å². The third-order valence-corrected chi connectivity index (χ3v) is 4.73. The lowest BCUT2D eigenvalue weighted by Gasteiger charge is -2.22. The lowest BCUT2D eigenvalue weighted by atomic mass is 10.2. The molecule has 9 heteroatoms. The molecule has 2 N–H and O–H groups in total. The largest absolute Gasteiger partial charge is 0.494 e. The maximum Gasteiger partial charge on any atom is 0.245 e. The third-order valence-electron chi connectivity index (χ3n) is 3.59. The van der Waals surface area contributed by atoms with Crippen molar-refractivity contribution in [2.24, 2.45) is 0 Å². The summed E-state index contributed by atoms with van der Waals surface area (Å²) in [6, 6.07) is 13.0. The zero-order chi connectivity index (χ0) is 20.7. The number of carbonyl (C=O) groups is 2. The summed E-state index contributed by atoms with van der Waals surface area (Å²) in [5, 5.41) is 5.26. The Balaban J connectivity index is 2.14. The molecule has 0 fully saturated rings. The fourth-order valence-corrected chi connectivity index (χ4v) is 3.34. The van der Waals surface area contributed by atoms with Crippen LogP contribution in [0, 0.1) is 0 Å². The number of benzene rings is 2. The number of hydrogen-bond donors (Lipinski definition) is 2. The molecule has 0 bridgehead atoms. The molecule has 150 valence electrons. The van der Waals surface area contributed by atoms with E-state index in [1.807, 2.05) is 6.92 Å². The Bertz CT molecular complexity index is 942. The van der Waals surface area contributed by atoms with Crippen molar-refractivity contribution in [1.82, 2.24) is 0 Å². The number of ether oxygens (including phenoxy) is 1. The SMILES string of the molecule is CCOc1ccc(N(CC(=O)Nc2cccc(NC(C)=O)c2)S(C)(=O)=O)cc1. The van der Waals surface area contributed by atoms with Gasteiger partial charge in [-0.2, -0.15) is 0 Å². The van der Waals surface area contributed by atoms with Crippen LogP contribution < -0.4 is 19.7 Å². The van der Waals surface area contributed by atoms with E-state index in [9.17, 15) is 18.0 Å². The number of nitrogens with one attached hydrogen (secondary N) is 2. The maximum absolute atomic E-state index is 12.4. The molecule has 0 unspecified atom stereocenters. The molecule has 0 aliphatic carbocycles. The van der Waals surface area contributed by atoms with E-state index in [4.69, 9.17) is 4.74 Å². The highest BCUT2D eigenvalue weighted by Gasteiger charge is 2.21. The van der Waals surface area contributed by atoms with E-state index in [-0.39, 0.29) is 5.91 Å². The Hall–Kier alpha value is -3.07. The number of hydrogen-bond acceptors (Lipinski definition) is 5. The molecule has 2 aromatic rings. The highest BCUT2D eigenvalue weighted by Crippen LogP contribution is 2.22. The van der Waals surface area contributed by atoms with Crippen LogP contribution in [-0.4, -0.2) is 39.6 Å². The van der Waals surface area contributed by atoms with Gasteiger partial charge in [0.05, 0.1) is 18.6 Å². The first-order valence-corrected chi connectivity index (χ1v) is 10.4. The molecule has 2 amide bonds. The van der Waals surface area contributed by atoms with E-state index in [2.05, 4.69) is 10.6 Å². The molecule has 0 heterocycles. The van der Waals surface area contributed by atoms with Crippen molar-refractivity contribution >= 4 is 38.9 Å². The predicted molar refractivity (Wildman–Crippen MR) is 109 cm³/mol. The van der Waals surface area contributed by atoms with Gasteiger partial charge in [0, 0.05) is 18.3 Å². The summed E-state index contributed by atoms with van der Waals surface area (Å²) in [6.07, 6.45) is 1.04. The van der Waals surface area contributed by atoms with Crippen LogP contribution in [0.4, 0.5) is 17.1 Å². The molecule has 0 saturated heterocycles. The molecule has 0 aromatic heterocycles. The van der Waals surface area contributed by atoms with Crippen molar-refractivity contribution in [2.45, 2.75) is 13.8 Å². The Morgan fingerprint density at radius 1 is 1.04 bits per heavy atom. The number of amides is 2. The van der Waals surface area contributed by atoms with Gasteiger partial charge in [0.25, 0.3) is 0 Å². The molecule has 0 aliphatic rings. The van der Waals surface area contributed by atoms with Crippen molar-refractivity contribution in [3.05, 3.63) is 48.5 Å². The number of nitrogens with zero attached hydrogens (tertiary/aromatic N) is 1. The molecule has 8 nitrogen and oxygen atoms in total. The van der Waals surface area contributed by atoms with Crippen molar-refractivity contribution < 1.29 is 22.7 Å². The van der Waals surface area contributed by atoms with E-state index < -0.39 is 22.5 Å². The van der Waals surface area contributed by atoms with Gasteiger partial charge in [0.1, 0.15) is 12.3 Å². The molecule has 0 atom stereocenters. The number of anilines is 3. The Kier molecular flexibility index (Phi) is 7.00. The maximum atomic E-state index is 12.4. The van der Waals surface area contributed by atoms with E-state index in [1.165, 1.54) is 6.92 Å². The second-order valence-electron chi connectivity index (χ2n) is 6.01. The summed E-state index contributed by atoms with van der Waals surface area (Å²) in [7, 11) is -3.68. The molecule has 2 rings (SSSR count). The van der Waals surface area contributed by atoms with Gasteiger partial charge < -0.3 is 15.4 Å². The first-order valence-electron chi connectivity index (χ1n) is 8.57. The molecule has 0 aliphatic heterocycles. The Morgan fingerprint density at radius 3 is 2.18 bits per heavy atom. The number of carbonyl (C=O) groups excluding carboxylic acids is 2. The highest BCUT2D eigenvalue weighted by molar-refractivity contribution is 7.92. The summed E-state index contributed by atoms with van der Waals surface area (Å²) >= 11 is 0. The van der Waals surface area contributed by atoms with Crippen LogP contribution in [0.15, 0.2) is 48.5 Å². The van der Waals surface area contributed by atoms with Crippen molar-refractivity contribution in [2.75, 3.05) is 34.3 Å². The van der Waals surface area contributed by atoms with Crippen LogP contribution >= 0.6 is 0 Å². The van der Waals surface area contributed by atoms with E-state index in [0.717, 1.165) is 10.6 Å². The van der Waals surface area contributed by atoms with Gasteiger partial charge in [0.15, 0.2) is 0 Å². The lowest BCUT2D eigenvalue weighted by molar-refractivity contribution is -0.115. The Morgan fingerprint density at radius 2 is 1.64 bits per heavy atom. The monoisotopic (exact) mass is 405 g/mol. The highest BCUT2D eigenvalue weighted by atomic mass is 32.2. The van der Waals surface area contributed by atoms with E-state index in [1.54, 1.807) is 48.5 Å². The fraction of sp³-hybridized carbons (Fsp3) is 0.263. The average Bonchev–Trinajstić information content (AvgIpc) is 2.59. The summed E-state index contributed by atoms with van der Waals surface area (Å²) in [6.45, 7) is 3.33. The zero-order valence-corrected chi connectivity index (χ0v) is 16.7. The van der Waals surface area contributed by atoms with Crippen molar-refractivity contribution in [1.29, 1.82) is 0 Å². The van der Waals surface area contributed by atoms with Gasteiger partial charge in [-0.25, -0.2) is 8.42 Å². The van der Waals surface area contributed by atoms with Crippen molar-refractivity contribution in [3.8, 4) is 5.75 Å². The second-order valence-corrected chi connectivity index (χ2v) is 7.91. The summed E-state index contributed by atoms with van der Waals surface area (Å²) in [5.74, 6) is -0.138. The van der Waals surface area contributed by atoms with Crippen LogP contribution in [-0.2, 0) is 19.6 Å². The molecule has 0 saturated carbocycles. The molecular formula is C19H23N3O5S.